The van der Waals surface area contributed by atoms with Crippen LogP contribution < -0.4 is 20.1 Å². The number of para-hydroxylation sites is 1. The van der Waals surface area contributed by atoms with Crippen molar-refractivity contribution in [3.63, 3.8) is 0 Å². The van der Waals surface area contributed by atoms with Crippen LogP contribution >= 0.6 is 11.3 Å². The molecule has 0 radical (unpaired) electrons. The number of rotatable bonds is 9. The van der Waals surface area contributed by atoms with Gasteiger partial charge in [0.1, 0.15) is 16.9 Å². The number of nitrogens with one attached hydrogen (secondary N) is 2. The first-order valence-electron chi connectivity index (χ1n) is 14.9. The van der Waals surface area contributed by atoms with E-state index in [1.807, 2.05) is 24.4 Å². The van der Waals surface area contributed by atoms with Crippen molar-refractivity contribution in [1.82, 2.24) is 14.8 Å². The molecule has 12 heteroatoms. The Kier molecular flexibility index (Phi) is 10.2. The predicted octanol–water partition coefficient (Wildman–Crippen LogP) is 5.46. The van der Waals surface area contributed by atoms with Gasteiger partial charge in [-0.25, -0.2) is 9.78 Å². The topological polar surface area (TPSA) is 133 Å². The number of aliphatic hydroxyl groups excluding tert-OH is 1. The number of methoxy groups -OCH3 is 1. The smallest absolute Gasteiger partial charge is 0.321 e. The molecule has 4 amide bonds. The van der Waals surface area contributed by atoms with Crippen LogP contribution in [0.15, 0.2) is 78.3 Å². The molecule has 0 unspecified atom stereocenters. The fourth-order valence-electron chi connectivity index (χ4n) is 5.13. The molecular formula is C34H37N5O6S. The lowest BCUT2D eigenvalue weighted by Gasteiger charge is -2.38. The van der Waals surface area contributed by atoms with E-state index in [0.29, 0.717) is 29.2 Å². The van der Waals surface area contributed by atoms with Crippen LogP contribution in [0.4, 0.5) is 16.2 Å². The number of ether oxygens (including phenoxy) is 2. The number of nitrogens with zero attached hydrogens (tertiary/aromatic N) is 3. The van der Waals surface area contributed by atoms with E-state index in [4.69, 9.17) is 9.47 Å². The zero-order valence-electron chi connectivity index (χ0n) is 26.1. The van der Waals surface area contributed by atoms with Crippen LogP contribution in [-0.2, 0) is 0 Å². The van der Waals surface area contributed by atoms with Gasteiger partial charge >= 0.3 is 6.03 Å². The number of amides is 4. The van der Waals surface area contributed by atoms with Crippen molar-refractivity contribution in [2.45, 2.75) is 26.0 Å². The first-order chi connectivity index (χ1) is 22.2. The third kappa shape index (κ3) is 7.30. The molecule has 0 spiro atoms. The van der Waals surface area contributed by atoms with Crippen LogP contribution in [0.25, 0.3) is 10.6 Å². The van der Waals surface area contributed by atoms with Crippen molar-refractivity contribution in [3.8, 4) is 22.1 Å². The van der Waals surface area contributed by atoms with Crippen LogP contribution in [0.1, 0.15) is 34.6 Å². The van der Waals surface area contributed by atoms with Gasteiger partial charge in [-0.05, 0) is 55.5 Å². The van der Waals surface area contributed by atoms with Gasteiger partial charge in [0.05, 0.1) is 37.6 Å². The van der Waals surface area contributed by atoms with Crippen LogP contribution in [0.2, 0.25) is 0 Å². The van der Waals surface area contributed by atoms with E-state index in [1.165, 1.54) is 16.2 Å². The minimum atomic E-state index is -0.567. The number of carbonyl (C=O) groups excluding carboxylic acids is 3. The Hall–Kier alpha value is -4.94. The molecule has 0 fully saturated rings. The second-order valence-electron chi connectivity index (χ2n) is 11.2. The molecular weight excluding hydrogens is 606 g/mol. The van der Waals surface area contributed by atoms with E-state index in [0.717, 1.165) is 10.6 Å². The van der Waals surface area contributed by atoms with Crippen molar-refractivity contribution in [2.75, 3.05) is 44.5 Å². The van der Waals surface area contributed by atoms with Gasteiger partial charge in [-0.2, -0.15) is 0 Å². The number of anilines is 2. The first-order valence-corrected chi connectivity index (χ1v) is 15.8. The number of fused-ring (bicyclic) bond motifs is 1. The lowest BCUT2D eigenvalue weighted by atomic mass is 9.99. The van der Waals surface area contributed by atoms with E-state index < -0.39 is 12.1 Å². The van der Waals surface area contributed by atoms with Gasteiger partial charge in [0, 0.05) is 47.9 Å². The third-order valence-corrected chi connectivity index (χ3v) is 8.73. The second kappa shape index (κ2) is 14.4. The van der Waals surface area contributed by atoms with Crippen LogP contribution in [0.5, 0.6) is 11.5 Å². The molecule has 3 atom stereocenters. The fraction of sp³-hybridized carbons (Fsp3) is 0.294. The van der Waals surface area contributed by atoms with Gasteiger partial charge in [-0.3, -0.25) is 9.59 Å². The number of urea groups is 1. The van der Waals surface area contributed by atoms with Crippen molar-refractivity contribution in [2.24, 2.45) is 5.92 Å². The largest absolute Gasteiger partial charge is 0.497 e. The summed E-state index contributed by atoms with van der Waals surface area (Å²) in [6, 6.07) is 18.3. The minimum absolute atomic E-state index is 0.179. The Labute approximate surface area is 271 Å². The van der Waals surface area contributed by atoms with Crippen LogP contribution in [0, 0.1) is 5.92 Å². The van der Waals surface area contributed by atoms with Crippen LogP contribution in [-0.4, -0.2) is 83.7 Å². The summed E-state index contributed by atoms with van der Waals surface area (Å²) in [7, 11) is 3.24. The number of aliphatic hydroxyl groups is 1. The number of hydrogen-bond donors (Lipinski definition) is 3. The molecule has 1 aliphatic rings. The third-order valence-electron chi connectivity index (χ3n) is 7.91. The molecule has 240 valence electrons. The molecule has 0 saturated heterocycles. The second-order valence-corrected chi connectivity index (χ2v) is 12.1. The summed E-state index contributed by atoms with van der Waals surface area (Å²) < 4.78 is 11.7. The zero-order chi connectivity index (χ0) is 32.8. The Morgan fingerprint density at radius 2 is 1.87 bits per heavy atom. The summed E-state index contributed by atoms with van der Waals surface area (Å²) in [6.45, 7) is 3.95. The monoisotopic (exact) mass is 643 g/mol. The maximum atomic E-state index is 13.8. The van der Waals surface area contributed by atoms with Gasteiger partial charge < -0.3 is 35.0 Å². The van der Waals surface area contributed by atoms with Crippen LogP contribution in [0.3, 0.4) is 0 Å². The Morgan fingerprint density at radius 3 is 2.52 bits per heavy atom. The summed E-state index contributed by atoms with van der Waals surface area (Å²) in [5, 5.41) is 18.5. The van der Waals surface area contributed by atoms with Crippen molar-refractivity contribution < 1.29 is 29.0 Å². The minimum Gasteiger partial charge on any atom is -0.497 e. The standard InChI is InChI=1S/C34H37N5O6S/c1-21-18-39(22(2)20-40)33(42)27-6-5-7-28(37-31(41)23-8-10-24(11-9-23)32-35-16-17-46-32)30(27)45-29(21)19-38(3)34(43)36-25-12-14-26(44-4)15-13-25/h5-17,21-22,29,40H,18-20H2,1-4H3,(H,36,43)(H,37,41)/t21-,22-,29-/m0/s1. The van der Waals surface area contributed by atoms with E-state index in [-0.39, 0.29) is 48.2 Å². The Bertz CT molecular complexity index is 1660. The highest BCUT2D eigenvalue weighted by atomic mass is 32.1. The molecule has 4 aromatic rings. The van der Waals surface area contributed by atoms with Gasteiger partial charge in [0.2, 0.25) is 0 Å². The molecule has 3 aromatic carbocycles. The van der Waals surface area contributed by atoms with E-state index in [2.05, 4.69) is 15.6 Å². The summed E-state index contributed by atoms with van der Waals surface area (Å²) in [5.41, 5.74) is 2.50. The van der Waals surface area contributed by atoms with Gasteiger partial charge in [0.15, 0.2) is 5.75 Å². The normalized spacial score (nSPS) is 16.7. The van der Waals surface area contributed by atoms with Gasteiger partial charge in [-0.1, -0.05) is 25.1 Å². The zero-order valence-corrected chi connectivity index (χ0v) is 26.9. The quantitative estimate of drug-likeness (QED) is 0.221. The van der Waals surface area contributed by atoms with Gasteiger partial charge in [0.25, 0.3) is 11.8 Å². The number of hydrogen-bond acceptors (Lipinski definition) is 8. The molecule has 5 rings (SSSR count). The molecule has 2 heterocycles. The van der Waals surface area contributed by atoms with Crippen molar-refractivity contribution in [1.29, 1.82) is 0 Å². The molecule has 3 N–H and O–H groups in total. The summed E-state index contributed by atoms with van der Waals surface area (Å²) in [5.74, 6) is -0.0660. The van der Waals surface area contributed by atoms with Crippen molar-refractivity contribution >= 4 is 40.6 Å². The van der Waals surface area contributed by atoms with E-state index in [1.54, 1.807) is 86.8 Å². The molecule has 0 aliphatic carbocycles. The highest BCUT2D eigenvalue weighted by Gasteiger charge is 2.35. The highest BCUT2D eigenvalue weighted by molar-refractivity contribution is 7.13. The number of thiazole rings is 1. The number of aromatic nitrogens is 1. The molecule has 11 nitrogen and oxygen atoms in total. The fourth-order valence-corrected chi connectivity index (χ4v) is 5.77. The van der Waals surface area contributed by atoms with E-state index in [9.17, 15) is 19.5 Å². The number of likely N-dealkylation sites (N-methyl/N-ethyl adjacent to an activating group) is 1. The van der Waals surface area contributed by atoms with Crippen molar-refractivity contribution in [3.05, 3.63) is 89.4 Å². The maximum Gasteiger partial charge on any atom is 0.321 e. The Morgan fingerprint density at radius 1 is 1.13 bits per heavy atom. The molecule has 1 aromatic heterocycles. The average molecular weight is 644 g/mol. The number of benzene rings is 3. The summed E-state index contributed by atoms with van der Waals surface area (Å²) in [6.07, 6.45) is 1.16. The molecule has 0 saturated carbocycles. The predicted molar refractivity (Wildman–Crippen MR) is 178 cm³/mol. The van der Waals surface area contributed by atoms with E-state index >= 15 is 0 Å². The summed E-state index contributed by atoms with van der Waals surface area (Å²) in [4.78, 5) is 47.8. The Balaban J connectivity index is 1.40. The molecule has 1 aliphatic heterocycles. The number of carbonyl (C=O) groups is 3. The SMILES string of the molecule is COc1ccc(NC(=O)N(C)C[C@@H]2Oc3c(NC(=O)c4ccc(-c5nccs5)cc4)cccc3C(=O)N([C@@H](C)CO)C[C@@H]2C)cc1. The highest BCUT2D eigenvalue weighted by Crippen LogP contribution is 2.35. The summed E-state index contributed by atoms with van der Waals surface area (Å²) >= 11 is 1.51. The lowest BCUT2D eigenvalue weighted by Crippen LogP contribution is -2.50. The average Bonchev–Trinajstić information content (AvgIpc) is 3.62. The maximum absolute atomic E-state index is 13.8. The molecule has 46 heavy (non-hydrogen) atoms. The lowest BCUT2D eigenvalue weighted by molar-refractivity contribution is 0.0372. The van der Waals surface area contributed by atoms with Gasteiger partial charge in [-0.15, -0.1) is 11.3 Å². The first kappa shape index (κ1) is 32.5. The molecule has 0 bridgehead atoms.